The Kier molecular flexibility index (Phi) is 4.82. The number of nitrogens with zero attached hydrogens (tertiary/aromatic N) is 2. The van der Waals surface area contributed by atoms with Gasteiger partial charge in [-0.1, -0.05) is 54.1 Å². The third kappa shape index (κ3) is 3.94. The van der Waals surface area contributed by atoms with E-state index in [0.29, 0.717) is 11.6 Å². The van der Waals surface area contributed by atoms with Crippen molar-refractivity contribution < 1.29 is 4.79 Å². The van der Waals surface area contributed by atoms with Crippen molar-refractivity contribution in [3.63, 3.8) is 0 Å². The number of hydrogen-bond acceptors (Lipinski definition) is 3. The van der Waals surface area contributed by atoms with Crippen molar-refractivity contribution in [2.75, 3.05) is 5.32 Å². The van der Waals surface area contributed by atoms with Gasteiger partial charge in [0.1, 0.15) is 6.04 Å². The molecule has 24 heavy (non-hydrogen) atoms. The number of halogens is 1. The summed E-state index contributed by atoms with van der Waals surface area (Å²) in [6.45, 7) is 0.616. The predicted octanol–water partition coefficient (Wildman–Crippen LogP) is 3.22. The monoisotopic (exact) mass is 340 g/mol. The Bertz CT molecular complexity index is 815. The molecule has 5 nitrogen and oxygen atoms in total. The lowest BCUT2D eigenvalue weighted by molar-refractivity contribution is -0.118. The number of amides is 1. The average Bonchev–Trinajstić information content (AvgIpc) is 3.02. The number of nitrogens with two attached hydrogens (primary N) is 1. The highest BCUT2D eigenvalue weighted by atomic mass is 35.5. The molecule has 1 atom stereocenters. The highest BCUT2D eigenvalue weighted by Crippen LogP contribution is 2.19. The summed E-state index contributed by atoms with van der Waals surface area (Å²) >= 11 is 5.89. The zero-order chi connectivity index (χ0) is 16.9. The molecule has 6 heteroatoms. The fraction of sp³-hybridized carbons (Fsp3) is 0.111. The number of rotatable bonds is 6. The van der Waals surface area contributed by atoms with Crippen LogP contribution in [-0.2, 0) is 11.3 Å². The predicted molar refractivity (Wildman–Crippen MR) is 94.8 cm³/mol. The minimum Gasteiger partial charge on any atom is -0.368 e. The van der Waals surface area contributed by atoms with Crippen molar-refractivity contribution in [2.45, 2.75) is 12.6 Å². The molecule has 0 radical (unpaired) electrons. The van der Waals surface area contributed by atoms with Gasteiger partial charge in [0.15, 0.2) is 0 Å². The highest BCUT2D eigenvalue weighted by Gasteiger charge is 2.17. The van der Waals surface area contributed by atoms with Gasteiger partial charge >= 0.3 is 0 Å². The van der Waals surface area contributed by atoms with Crippen molar-refractivity contribution in [1.29, 1.82) is 0 Å². The van der Waals surface area contributed by atoms with Crippen molar-refractivity contribution in [2.24, 2.45) is 5.73 Å². The summed E-state index contributed by atoms with van der Waals surface area (Å²) < 4.78 is 1.79. The standard InChI is InChI=1S/C18H17ClN4O/c19-15-8-6-13(7-9-15)11-23-12-16(10-21-23)22-17(18(20)24)14-4-2-1-3-5-14/h1-10,12,17,22H,11H2,(H2,20,24)/t17-/m0/s1. The first-order chi connectivity index (χ1) is 11.6. The number of carbonyl (C=O) groups is 1. The minimum absolute atomic E-state index is 0.438. The third-order valence-electron chi connectivity index (χ3n) is 3.62. The van der Waals surface area contributed by atoms with Crippen LogP contribution < -0.4 is 11.1 Å². The van der Waals surface area contributed by atoms with E-state index in [1.54, 1.807) is 10.9 Å². The van der Waals surface area contributed by atoms with Crippen LogP contribution in [0, 0.1) is 0 Å². The molecule has 0 saturated carbocycles. The SMILES string of the molecule is NC(=O)[C@@H](Nc1cnn(Cc2ccc(Cl)cc2)c1)c1ccccc1. The fourth-order valence-electron chi connectivity index (χ4n) is 2.43. The van der Waals surface area contributed by atoms with Crippen LogP contribution >= 0.6 is 11.6 Å². The zero-order valence-corrected chi connectivity index (χ0v) is 13.6. The topological polar surface area (TPSA) is 72.9 Å². The number of nitrogens with one attached hydrogen (secondary N) is 1. The fourth-order valence-corrected chi connectivity index (χ4v) is 2.56. The van der Waals surface area contributed by atoms with Gasteiger partial charge in [-0.3, -0.25) is 9.48 Å². The van der Waals surface area contributed by atoms with Gasteiger partial charge in [0, 0.05) is 11.2 Å². The second-order valence-electron chi connectivity index (χ2n) is 5.44. The van der Waals surface area contributed by atoms with E-state index >= 15 is 0 Å². The van der Waals surface area contributed by atoms with Crippen LogP contribution in [0.15, 0.2) is 67.0 Å². The van der Waals surface area contributed by atoms with E-state index in [1.807, 2.05) is 60.8 Å². The van der Waals surface area contributed by atoms with E-state index in [1.165, 1.54) is 0 Å². The summed E-state index contributed by atoms with van der Waals surface area (Å²) in [6, 6.07) is 16.4. The Labute approximate surface area is 145 Å². The molecule has 0 unspecified atom stereocenters. The molecule has 122 valence electrons. The molecule has 3 aromatic rings. The van der Waals surface area contributed by atoms with Crippen LogP contribution in [0.4, 0.5) is 5.69 Å². The number of anilines is 1. The van der Waals surface area contributed by atoms with Gasteiger partial charge in [0.05, 0.1) is 18.4 Å². The lowest BCUT2D eigenvalue weighted by atomic mass is 10.1. The Morgan fingerprint density at radius 3 is 2.54 bits per heavy atom. The normalized spacial score (nSPS) is 11.9. The molecular formula is C18H17ClN4O. The number of hydrogen-bond donors (Lipinski definition) is 2. The summed E-state index contributed by atoms with van der Waals surface area (Å²) in [5.41, 5.74) is 8.15. The third-order valence-corrected chi connectivity index (χ3v) is 3.87. The summed E-state index contributed by atoms with van der Waals surface area (Å²) in [7, 11) is 0. The molecule has 2 aromatic carbocycles. The summed E-state index contributed by atoms with van der Waals surface area (Å²) in [5, 5.41) is 8.14. The van der Waals surface area contributed by atoms with Crippen molar-refractivity contribution in [3.8, 4) is 0 Å². The largest absolute Gasteiger partial charge is 0.368 e. The van der Waals surface area contributed by atoms with Gasteiger partial charge in [-0.2, -0.15) is 5.10 Å². The van der Waals surface area contributed by atoms with E-state index in [-0.39, 0.29) is 0 Å². The Morgan fingerprint density at radius 1 is 1.17 bits per heavy atom. The van der Waals surface area contributed by atoms with E-state index in [0.717, 1.165) is 16.8 Å². The van der Waals surface area contributed by atoms with Crippen LogP contribution in [0.1, 0.15) is 17.2 Å². The van der Waals surface area contributed by atoms with E-state index in [2.05, 4.69) is 10.4 Å². The lowest BCUT2D eigenvalue weighted by Gasteiger charge is -2.15. The quantitative estimate of drug-likeness (QED) is 0.723. The molecule has 0 aliphatic carbocycles. The molecule has 0 aliphatic heterocycles. The first kappa shape index (κ1) is 16.1. The molecule has 0 saturated heterocycles. The summed E-state index contributed by atoms with van der Waals surface area (Å²) in [6.07, 6.45) is 3.52. The van der Waals surface area contributed by atoms with Crippen LogP contribution in [0.3, 0.4) is 0 Å². The molecule has 0 aliphatic rings. The van der Waals surface area contributed by atoms with Gasteiger partial charge in [-0.15, -0.1) is 0 Å². The van der Waals surface area contributed by atoms with Crippen LogP contribution in [0.5, 0.6) is 0 Å². The van der Waals surface area contributed by atoms with Gasteiger partial charge in [-0.25, -0.2) is 0 Å². The summed E-state index contributed by atoms with van der Waals surface area (Å²) in [4.78, 5) is 11.8. The van der Waals surface area contributed by atoms with Gasteiger partial charge < -0.3 is 11.1 Å². The van der Waals surface area contributed by atoms with Crippen LogP contribution in [0.25, 0.3) is 0 Å². The zero-order valence-electron chi connectivity index (χ0n) is 12.9. The molecular weight excluding hydrogens is 324 g/mol. The molecule has 1 amide bonds. The molecule has 0 fully saturated rings. The Hall–Kier alpha value is -2.79. The average molecular weight is 341 g/mol. The number of aromatic nitrogens is 2. The summed E-state index contributed by atoms with van der Waals surface area (Å²) in [5.74, 6) is -0.438. The van der Waals surface area contributed by atoms with Crippen LogP contribution in [0.2, 0.25) is 5.02 Å². The van der Waals surface area contributed by atoms with Gasteiger partial charge in [-0.05, 0) is 23.3 Å². The van der Waals surface area contributed by atoms with Gasteiger partial charge in [0.25, 0.3) is 0 Å². The van der Waals surface area contributed by atoms with Crippen LogP contribution in [-0.4, -0.2) is 15.7 Å². The lowest BCUT2D eigenvalue weighted by Crippen LogP contribution is -2.27. The van der Waals surface area contributed by atoms with E-state index in [9.17, 15) is 4.79 Å². The molecule has 3 N–H and O–H groups in total. The highest BCUT2D eigenvalue weighted by molar-refractivity contribution is 6.30. The van der Waals surface area contributed by atoms with Crippen molar-refractivity contribution in [1.82, 2.24) is 9.78 Å². The minimum atomic E-state index is -0.598. The first-order valence-electron chi connectivity index (χ1n) is 7.49. The Balaban J connectivity index is 1.72. The Morgan fingerprint density at radius 2 is 1.88 bits per heavy atom. The first-order valence-corrected chi connectivity index (χ1v) is 7.87. The molecule has 1 heterocycles. The molecule has 3 rings (SSSR count). The maximum Gasteiger partial charge on any atom is 0.244 e. The van der Waals surface area contributed by atoms with Crippen molar-refractivity contribution in [3.05, 3.63) is 83.1 Å². The van der Waals surface area contributed by atoms with E-state index in [4.69, 9.17) is 17.3 Å². The molecule has 1 aromatic heterocycles. The maximum absolute atomic E-state index is 11.8. The van der Waals surface area contributed by atoms with E-state index < -0.39 is 11.9 Å². The number of carbonyl (C=O) groups excluding carboxylic acids is 1. The molecule has 0 bridgehead atoms. The second kappa shape index (κ2) is 7.19. The smallest absolute Gasteiger partial charge is 0.244 e. The number of benzene rings is 2. The molecule has 0 spiro atoms. The maximum atomic E-state index is 11.8. The number of primary amides is 1. The van der Waals surface area contributed by atoms with Gasteiger partial charge in [0.2, 0.25) is 5.91 Å². The second-order valence-corrected chi connectivity index (χ2v) is 5.88. The van der Waals surface area contributed by atoms with Crippen molar-refractivity contribution >= 4 is 23.2 Å².